The largest absolute Gasteiger partial charge is 0.465 e. The molecule has 0 aromatic carbocycles. The normalized spacial score (nSPS) is 12.8. The molecule has 0 saturated carbocycles. The maximum Gasteiger partial charge on any atom is 0.341 e. The molecule has 0 rings (SSSR count). The predicted molar refractivity (Wildman–Crippen MR) is 71.2 cm³/mol. The minimum atomic E-state index is -0.595. The van der Waals surface area contributed by atoms with Gasteiger partial charge in [0.1, 0.15) is 5.57 Å². The lowest BCUT2D eigenvalue weighted by Crippen LogP contribution is -3.13. The van der Waals surface area contributed by atoms with Gasteiger partial charge in [-0.2, -0.15) is 0 Å². The molecule has 0 fully saturated rings. The van der Waals surface area contributed by atoms with Crippen LogP contribution in [0, 0.1) is 0 Å². The molecule has 0 atom stereocenters. The number of hydrogen-bond acceptors (Lipinski definition) is 3. The van der Waals surface area contributed by atoms with Gasteiger partial charge in [0.05, 0.1) is 25.4 Å². The lowest BCUT2D eigenvalue weighted by molar-refractivity contribution is -0.892. The topological polar surface area (TPSA) is 47.8 Å². The molecule has 0 aliphatic carbocycles. The van der Waals surface area contributed by atoms with E-state index in [1.54, 1.807) is 6.08 Å². The zero-order valence-electron chi connectivity index (χ0n) is 12.1. The summed E-state index contributed by atoms with van der Waals surface area (Å²) in [7, 11) is 1.27. The molecule has 4 nitrogen and oxygen atoms in total. The van der Waals surface area contributed by atoms with E-state index in [4.69, 9.17) is 0 Å². The molecule has 0 saturated heterocycles. The first-order valence-corrected chi connectivity index (χ1v) is 6.15. The molecule has 0 aromatic rings. The molecule has 102 valence electrons. The number of allylic oxidation sites excluding steroid dienone is 2. The minimum Gasteiger partial charge on any atom is -0.465 e. The van der Waals surface area contributed by atoms with Crippen molar-refractivity contribution in [2.24, 2.45) is 0 Å². The molecule has 18 heavy (non-hydrogen) atoms. The Bertz CT molecular complexity index is 346. The number of carbonyl (C=O) groups is 2. The smallest absolute Gasteiger partial charge is 0.341 e. The van der Waals surface area contributed by atoms with E-state index in [2.05, 4.69) is 32.4 Å². The molecule has 0 aromatic heterocycles. The van der Waals surface area contributed by atoms with Crippen LogP contribution >= 0.6 is 0 Å². The standard InChI is InChI=1S/C14H23NO3/c1-10(2)15(11(3)4)9-7-8-13(12(5)16)14(17)18-6/h7-11H,1-6H3/p+1/b9-7+,13-8-. The van der Waals surface area contributed by atoms with Crippen molar-refractivity contribution in [2.75, 3.05) is 7.11 Å². The zero-order valence-corrected chi connectivity index (χ0v) is 12.1. The van der Waals surface area contributed by atoms with Gasteiger partial charge in [-0.15, -0.1) is 0 Å². The van der Waals surface area contributed by atoms with Crippen LogP contribution in [-0.2, 0) is 14.3 Å². The third kappa shape index (κ3) is 5.27. The van der Waals surface area contributed by atoms with Gasteiger partial charge in [-0.25, -0.2) is 4.79 Å². The average molecular weight is 254 g/mol. The monoisotopic (exact) mass is 254 g/mol. The summed E-state index contributed by atoms with van der Waals surface area (Å²) in [5.74, 6) is -0.884. The van der Waals surface area contributed by atoms with E-state index < -0.39 is 5.97 Å². The summed E-state index contributed by atoms with van der Waals surface area (Å²) in [5, 5.41) is 0. The number of quaternary nitrogens is 1. The summed E-state index contributed by atoms with van der Waals surface area (Å²) in [5.41, 5.74) is 0.0700. The molecule has 0 radical (unpaired) electrons. The van der Waals surface area contributed by atoms with Crippen LogP contribution in [-0.4, -0.2) is 30.9 Å². The highest BCUT2D eigenvalue weighted by atomic mass is 16.5. The van der Waals surface area contributed by atoms with Crippen LogP contribution in [0.5, 0.6) is 0 Å². The van der Waals surface area contributed by atoms with Crippen molar-refractivity contribution in [1.82, 2.24) is 0 Å². The first-order valence-electron chi connectivity index (χ1n) is 6.15. The van der Waals surface area contributed by atoms with Gasteiger partial charge in [-0.05, 0) is 46.8 Å². The first-order chi connectivity index (χ1) is 8.31. The van der Waals surface area contributed by atoms with E-state index in [1.807, 2.05) is 6.20 Å². The molecule has 0 amide bonds. The Balaban J connectivity index is 4.95. The minimum absolute atomic E-state index is 0.0700. The Hall–Kier alpha value is -1.42. The van der Waals surface area contributed by atoms with Gasteiger partial charge >= 0.3 is 5.97 Å². The number of methoxy groups -OCH3 is 1. The molecule has 0 spiro atoms. The number of hydrogen-bond donors (Lipinski definition) is 1. The fourth-order valence-electron chi connectivity index (χ4n) is 1.75. The second kappa shape index (κ2) is 7.82. The predicted octanol–water partition coefficient (Wildman–Crippen LogP) is 0.890. The van der Waals surface area contributed by atoms with Crippen molar-refractivity contribution >= 4 is 11.8 Å². The van der Waals surface area contributed by atoms with Gasteiger partial charge in [-0.1, -0.05) is 0 Å². The molecule has 0 aliphatic heterocycles. The van der Waals surface area contributed by atoms with Gasteiger partial charge in [0.25, 0.3) is 0 Å². The first kappa shape index (κ1) is 16.6. The quantitative estimate of drug-likeness (QED) is 0.252. The number of Topliss-reactive ketones (excluding diaryl/α,β-unsaturated/α-hetero) is 1. The fraction of sp³-hybridized carbons (Fsp3) is 0.571. The average Bonchev–Trinajstić information content (AvgIpc) is 2.26. The van der Waals surface area contributed by atoms with Gasteiger partial charge < -0.3 is 9.64 Å². The highest BCUT2D eigenvalue weighted by Crippen LogP contribution is 1.99. The van der Waals surface area contributed by atoms with Crippen LogP contribution in [0.4, 0.5) is 0 Å². The third-order valence-electron chi connectivity index (χ3n) is 2.67. The maximum atomic E-state index is 11.3. The highest BCUT2D eigenvalue weighted by Gasteiger charge is 2.15. The zero-order chi connectivity index (χ0) is 14.3. The lowest BCUT2D eigenvalue weighted by Gasteiger charge is -2.22. The van der Waals surface area contributed by atoms with Crippen LogP contribution in [0.2, 0.25) is 0 Å². The van der Waals surface area contributed by atoms with Crippen molar-refractivity contribution in [3.05, 3.63) is 23.9 Å². The summed E-state index contributed by atoms with van der Waals surface area (Å²) < 4.78 is 4.56. The van der Waals surface area contributed by atoms with E-state index in [1.165, 1.54) is 25.0 Å². The van der Waals surface area contributed by atoms with Crippen LogP contribution < -0.4 is 4.90 Å². The molecule has 0 heterocycles. The van der Waals surface area contributed by atoms with E-state index in [0.717, 1.165) is 0 Å². The number of esters is 1. The molecule has 0 unspecified atom stereocenters. The van der Waals surface area contributed by atoms with E-state index in [9.17, 15) is 9.59 Å². The number of ketones is 1. The Morgan fingerprint density at radius 3 is 1.94 bits per heavy atom. The summed E-state index contributed by atoms with van der Waals surface area (Å²) in [6.45, 7) is 9.84. The summed E-state index contributed by atoms with van der Waals surface area (Å²) in [4.78, 5) is 23.9. The Morgan fingerprint density at radius 1 is 1.11 bits per heavy atom. The van der Waals surface area contributed by atoms with Crippen molar-refractivity contribution in [3.8, 4) is 0 Å². The van der Waals surface area contributed by atoms with E-state index in [-0.39, 0.29) is 11.4 Å². The number of rotatable bonds is 6. The fourth-order valence-corrected chi connectivity index (χ4v) is 1.75. The van der Waals surface area contributed by atoms with Crippen LogP contribution in [0.25, 0.3) is 0 Å². The van der Waals surface area contributed by atoms with Crippen molar-refractivity contribution in [3.63, 3.8) is 0 Å². The second-order valence-corrected chi connectivity index (χ2v) is 4.80. The molecule has 0 aliphatic rings. The van der Waals surface area contributed by atoms with Gasteiger partial charge in [0.15, 0.2) is 5.78 Å². The molecule has 4 heteroatoms. The van der Waals surface area contributed by atoms with Crippen molar-refractivity contribution < 1.29 is 19.2 Å². The van der Waals surface area contributed by atoms with E-state index >= 15 is 0 Å². The van der Waals surface area contributed by atoms with Crippen LogP contribution in [0.3, 0.4) is 0 Å². The van der Waals surface area contributed by atoms with E-state index in [0.29, 0.717) is 12.1 Å². The van der Waals surface area contributed by atoms with Gasteiger partial charge in [-0.3, -0.25) is 4.79 Å². The lowest BCUT2D eigenvalue weighted by atomic mass is 10.1. The van der Waals surface area contributed by atoms with Gasteiger partial charge in [0.2, 0.25) is 0 Å². The SMILES string of the molecule is COC(=O)/C(=C\C=C\[NH+](C(C)C)C(C)C)C(C)=O. The van der Waals surface area contributed by atoms with Crippen molar-refractivity contribution in [2.45, 2.75) is 46.7 Å². The Kier molecular flexibility index (Phi) is 7.20. The number of carbonyl (C=O) groups excluding carboxylic acids is 2. The molecule has 1 N–H and O–H groups in total. The van der Waals surface area contributed by atoms with Gasteiger partial charge in [0, 0.05) is 0 Å². The second-order valence-electron chi connectivity index (χ2n) is 4.80. The molecule has 0 bridgehead atoms. The Labute approximate surface area is 109 Å². The van der Waals surface area contributed by atoms with Crippen molar-refractivity contribution in [1.29, 1.82) is 0 Å². The van der Waals surface area contributed by atoms with Crippen LogP contribution in [0.1, 0.15) is 34.6 Å². The molecular formula is C14H24NO3+. The molecular weight excluding hydrogens is 230 g/mol. The maximum absolute atomic E-state index is 11.3. The Morgan fingerprint density at radius 2 is 1.61 bits per heavy atom. The number of nitrogens with one attached hydrogen (secondary N) is 1. The summed E-state index contributed by atoms with van der Waals surface area (Å²) in [6, 6.07) is 0.877. The number of ether oxygens (including phenoxy) is 1. The summed E-state index contributed by atoms with van der Waals surface area (Å²) in [6.07, 6.45) is 5.21. The summed E-state index contributed by atoms with van der Waals surface area (Å²) >= 11 is 0. The highest BCUT2D eigenvalue weighted by molar-refractivity contribution is 6.16. The van der Waals surface area contributed by atoms with Crippen LogP contribution in [0.15, 0.2) is 23.9 Å². The third-order valence-corrected chi connectivity index (χ3v) is 2.67.